The van der Waals surface area contributed by atoms with Gasteiger partial charge in [0.15, 0.2) is 12.2 Å². The van der Waals surface area contributed by atoms with Crippen molar-refractivity contribution in [2.24, 2.45) is 5.92 Å². The maximum Gasteiger partial charge on any atom is 0.472 e. The molecule has 109 heavy (non-hydrogen) atoms. The number of aliphatic hydroxyl groups excluding tert-OH is 1. The third-order valence-electron chi connectivity index (χ3n) is 21.6. The standard InChI is InChI=1S/C90H176O17P2/c1-6-10-13-16-19-22-24-26-28-30-32-34-35-37-39-41-46-50-55-60-65-70-75-90(95)107-86(80-101-88(93)74-69-64-59-54-49-45-40-38-36-33-31-29-27-25-23-20-17-14-11-7-2)82-105-109(98,99)103-78-84(91)77-102-108(96,97)104-81-85(79-100-87(92)73-68-63-58-52-21-18-15-12-8-3)106-89(94)76-71-66-61-56-51-47-43-42-44-48-53-57-62-67-72-83(5)9-4/h83-86,91H,6-82H2,1-5H3,(H,96,97)(H,98,99)/t83?,84-,85+,86+/m0/s1. The molecule has 0 fully saturated rings. The van der Waals surface area contributed by atoms with Gasteiger partial charge in [0.25, 0.3) is 0 Å². The molecule has 0 aromatic rings. The van der Waals surface area contributed by atoms with E-state index in [1.54, 1.807) is 0 Å². The van der Waals surface area contributed by atoms with Crippen LogP contribution in [0.2, 0.25) is 0 Å². The Morgan fingerprint density at radius 3 is 0.651 bits per heavy atom. The minimum Gasteiger partial charge on any atom is -0.462 e. The fourth-order valence-corrected chi connectivity index (χ4v) is 15.7. The summed E-state index contributed by atoms with van der Waals surface area (Å²) in [6, 6.07) is 0. The number of hydrogen-bond acceptors (Lipinski definition) is 15. The number of hydrogen-bond donors (Lipinski definition) is 3. The van der Waals surface area contributed by atoms with Crippen LogP contribution in [-0.2, 0) is 65.4 Å². The van der Waals surface area contributed by atoms with Gasteiger partial charge in [-0.1, -0.05) is 439 Å². The lowest BCUT2D eigenvalue weighted by atomic mass is 9.99. The molecule has 0 aromatic heterocycles. The van der Waals surface area contributed by atoms with E-state index in [2.05, 4.69) is 34.6 Å². The van der Waals surface area contributed by atoms with Gasteiger partial charge in [0.05, 0.1) is 26.4 Å². The minimum absolute atomic E-state index is 0.108. The van der Waals surface area contributed by atoms with Gasteiger partial charge in [-0.25, -0.2) is 9.13 Å². The van der Waals surface area contributed by atoms with E-state index >= 15 is 0 Å². The summed E-state index contributed by atoms with van der Waals surface area (Å²) in [5.41, 5.74) is 0. The molecule has 0 heterocycles. The first-order chi connectivity index (χ1) is 53.1. The molecular formula is C90H176O17P2. The normalized spacial score (nSPS) is 13.9. The first-order valence-corrected chi connectivity index (χ1v) is 49.7. The van der Waals surface area contributed by atoms with E-state index < -0.39 is 97.5 Å². The lowest BCUT2D eigenvalue weighted by Gasteiger charge is -2.21. The average Bonchev–Trinajstić information content (AvgIpc) is 0.899. The molecule has 0 spiro atoms. The molecule has 0 aliphatic rings. The number of carbonyl (C=O) groups is 4. The molecule has 0 radical (unpaired) electrons. The second kappa shape index (κ2) is 82.6. The molecule has 0 saturated heterocycles. The minimum atomic E-state index is -4.97. The van der Waals surface area contributed by atoms with Gasteiger partial charge in [0.2, 0.25) is 0 Å². The number of rotatable bonds is 90. The zero-order valence-electron chi connectivity index (χ0n) is 71.7. The van der Waals surface area contributed by atoms with Crippen LogP contribution in [0.3, 0.4) is 0 Å². The summed E-state index contributed by atoms with van der Waals surface area (Å²) in [6.45, 7) is 7.42. The average molecular weight is 1590 g/mol. The third kappa shape index (κ3) is 82.4. The Labute approximate surface area is 670 Å². The summed E-state index contributed by atoms with van der Waals surface area (Å²) in [5.74, 6) is -1.25. The monoisotopic (exact) mass is 1590 g/mol. The van der Waals surface area contributed by atoms with Crippen molar-refractivity contribution in [1.82, 2.24) is 0 Å². The van der Waals surface area contributed by atoms with E-state index in [0.29, 0.717) is 25.7 Å². The molecule has 3 N–H and O–H groups in total. The molecule has 17 nitrogen and oxygen atoms in total. The van der Waals surface area contributed by atoms with Crippen LogP contribution in [0, 0.1) is 5.92 Å². The van der Waals surface area contributed by atoms with Gasteiger partial charge in [0, 0.05) is 25.7 Å². The van der Waals surface area contributed by atoms with E-state index in [-0.39, 0.29) is 25.7 Å². The van der Waals surface area contributed by atoms with Crippen LogP contribution in [0.5, 0.6) is 0 Å². The van der Waals surface area contributed by atoms with Gasteiger partial charge in [-0.3, -0.25) is 37.3 Å². The van der Waals surface area contributed by atoms with Gasteiger partial charge >= 0.3 is 39.5 Å². The zero-order chi connectivity index (χ0) is 79.7. The number of esters is 4. The van der Waals surface area contributed by atoms with Crippen LogP contribution in [-0.4, -0.2) is 96.7 Å². The van der Waals surface area contributed by atoms with Crippen molar-refractivity contribution in [3.05, 3.63) is 0 Å². The van der Waals surface area contributed by atoms with Crippen molar-refractivity contribution in [3.63, 3.8) is 0 Å². The number of aliphatic hydroxyl groups is 1. The molecule has 0 rings (SSSR count). The smallest absolute Gasteiger partial charge is 0.462 e. The zero-order valence-corrected chi connectivity index (χ0v) is 73.5. The number of carbonyl (C=O) groups excluding carboxylic acids is 4. The molecule has 0 aromatic carbocycles. The highest BCUT2D eigenvalue weighted by molar-refractivity contribution is 7.47. The summed E-state index contributed by atoms with van der Waals surface area (Å²) in [5, 5.41) is 10.7. The molecule has 0 aliphatic carbocycles. The van der Waals surface area contributed by atoms with Crippen molar-refractivity contribution < 1.29 is 80.2 Å². The Bertz CT molecular complexity index is 2070. The van der Waals surface area contributed by atoms with Gasteiger partial charge in [-0.15, -0.1) is 0 Å². The van der Waals surface area contributed by atoms with E-state index in [9.17, 15) is 43.2 Å². The molecule has 0 saturated carbocycles. The fourth-order valence-electron chi connectivity index (χ4n) is 14.1. The summed E-state index contributed by atoms with van der Waals surface area (Å²) in [7, 11) is -9.93. The second-order valence-corrected chi connectivity index (χ2v) is 35.5. The van der Waals surface area contributed by atoms with Crippen molar-refractivity contribution in [2.45, 2.75) is 509 Å². The van der Waals surface area contributed by atoms with Crippen LogP contribution < -0.4 is 0 Å². The van der Waals surface area contributed by atoms with E-state index in [1.807, 2.05) is 0 Å². The van der Waals surface area contributed by atoms with E-state index in [4.69, 9.17) is 37.0 Å². The largest absolute Gasteiger partial charge is 0.472 e. The maximum atomic E-state index is 13.2. The highest BCUT2D eigenvalue weighted by atomic mass is 31.2. The molecule has 648 valence electrons. The topological polar surface area (TPSA) is 237 Å². The van der Waals surface area contributed by atoms with Crippen LogP contribution in [0.1, 0.15) is 490 Å². The Morgan fingerprint density at radius 2 is 0.440 bits per heavy atom. The Balaban J connectivity index is 5.19. The molecule has 3 unspecified atom stereocenters. The second-order valence-electron chi connectivity index (χ2n) is 32.6. The van der Waals surface area contributed by atoms with Crippen LogP contribution in [0.25, 0.3) is 0 Å². The van der Waals surface area contributed by atoms with Crippen LogP contribution >= 0.6 is 15.6 Å². The Kier molecular flexibility index (Phi) is 81.1. The molecule has 0 aliphatic heterocycles. The van der Waals surface area contributed by atoms with Gasteiger partial charge in [0.1, 0.15) is 19.3 Å². The summed E-state index contributed by atoms with van der Waals surface area (Å²) in [4.78, 5) is 73.3. The van der Waals surface area contributed by atoms with Gasteiger partial charge < -0.3 is 33.8 Å². The molecule has 0 amide bonds. The number of unbranched alkanes of at least 4 members (excludes halogenated alkanes) is 61. The highest BCUT2D eigenvalue weighted by Crippen LogP contribution is 2.45. The van der Waals surface area contributed by atoms with E-state index in [0.717, 1.165) is 95.8 Å². The lowest BCUT2D eigenvalue weighted by Crippen LogP contribution is -2.30. The SMILES string of the molecule is CCCCCCCCCCCCCCCCCCCCCCCCC(=O)O[C@H](COC(=O)CCCCCCCCCCCCCCCCCCCCCC)COP(=O)(O)OC[C@@H](O)COP(=O)(O)OC[C@@H](COC(=O)CCCCCCCCCCC)OC(=O)CCCCCCCCCCCCCCCCC(C)CC. The Morgan fingerprint density at radius 1 is 0.257 bits per heavy atom. The van der Waals surface area contributed by atoms with Crippen molar-refractivity contribution in [2.75, 3.05) is 39.6 Å². The van der Waals surface area contributed by atoms with E-state index in [1.165, 1.54) is 315 Å². The summed E-state index contributed by atoms with van der Waals surface area (Å²) < 4.78 is 69.0. The lowest BCUT2D eigenvalue weighted by molar-refractivity contribution is -0.161. The van der Waals surface area contributed by atoms with Crippen molar-refractivity contribution in [1.29, 1.82) is 0 Å². The van der Waals surface area contributed by atoms with Crippen molar-refractivity contribution in [3.8, 4) is 0 Å². The molecule has 0 bridgehead atoms. The predicted octanol–water partition coefficient (Wildman–Crippen LogP) is 27.9. The quantitative estimate of drug-likeness (QED) is 0.0222. The Hall–Kier alpha value is -1.94. The maximum absolute atomic E-state index is 13.2. The van der Waals surface area contributed by atoms with Crippen molar-refractivity contribution >= 4 is 39.5 Å². The van der Waals surface area contributed by atoms with Gasteiger partial charge in [-0.05, 0) is 31.6 Å². The van der Waals surface area contributed by atoms with Gasteiger partial charge in [-0.2, -0.15) is 0 Å². The first kappa shape index (κ1) is 107. The number of ether oxygens (including phenoxy) is 4. The first-order valence-electron chi connectivity index (χ1n) is 46.7. The number of phosphoric ester groups is 2. The highest BCUT2D eigenvalue weighted by Gasteiger charge is 2.31. The summed E-state index contributed by atoms with van der Waals surface area (Å²) in [6.07, 6.45) is 77.9. The molecule has 19 heteroatoms. The summed E-state index contributed by atoms with van der Waals surface area (Å²) >= 11 is 0. The van der Waals surface area contributed by atoms with Crippen LogP contribution in [0.15, 0.2) is 0 Å². The number of phosphoric acid groups is 2. The van der Waals surface area contributed by atoms with Crippen LogP contribution in [0.4, 0.5) is 0 Å². The predicted molar refractivity (Wildman–Crippen MR) is 451 cm³/mol. The molecule has 6 atom stereocenters. The fraction of sp³-hybridized carbons (Fsp3) is 0.956. The third-order valence-corrected chi connectivity index (χ3v) is 23.5. The molecular weight excluding hydrogens is 1410 g/mol.